The molecule has 0 amide bonds. The van der Waals surface area contributed by atoms with Crippen molar-refractivity contribution in [3.63, 3.8) is 0 Å². The minimum absolute atomic E-state index is 0.0260. The topological polar surface area (TPSA) is 24.5 Å². The predicted molar refractivity (Wildman–Crippen MR) is 66.7 cm³/mol. The van der Waals surface area contributed by atoms with E-state index in [2.05, 4.69) is 31.0 Å². The van der Waals surface area contributed by atoms with E-state index in [4.69, 9.17) is 4.74 Å². The summed E-state index contributed by atoms with van der Waals surface area (Å²) in [7, 11) is 1.81. The zero-order valence-corrected chi connectivity index (χ0v) is 11.2. The third-order valence-corrected chi connectivity index (χ3v) is 4.14. The summed E-state index contributed by atoms with van der Waals surface area (Å²) in [5.41, 5.74) is 0.323. The standard InChI is InChI=1S/C13H26N2O/c1-12(2,16-4)9-15-8-7-14-13(3,10-15)11-5-6-11/h11,14H,5-10H2,1-4H3. The number of hydrogen-bond donors (Lipinski definition) is 1. The second-order valence-electron chi connectivity index (χ2n) is 6.29. The summed E-state index contributed by atoms with van der Waals surface area (Å²) in [6.45, 7) is 11.2. The SMILES string of the molecule is COC(C)(C)CN1CCNC(C)(C2CC2)C1. The molecule has 0 aromatic carbocycles. The Labute approximate surface area is 99.5 Å². The molecule has 3 heteroatoms. The summed E-state index contributed by atoms with van der Waals surface area (Å²) >= 11 is 0. The molecule has 1 aliphatic heterocycles. The van der Waals surface area contributed by atoms with Crippen LogP contribution >= 0.6 is 0 Å². The first-order valence-electron chi connectivity index (χ1n) is 6.48. The Hall–Kier alpha value is -0.120. The highest BCUT2D eigenvalue weighted by Crippen LogP contribution is 2.40. The molecule has 2 fully saturated rings. The molecule has 1 saturated carbocycles. The minimum atomic E-state index is -0.0260. The molecular weight excluding hydrogens is 200 g/mol. The maximum atomic E-state index is 5.52. The van der Waals surface area contributed by atoms with Crippen LogP contribution < -0.4 is 5.32 Å². The van der Waals surface area contributed by atoms with Crippen molar-refractivity contribution in [1.82, 2.24) is 10.2 Å². The highest BCUT2D eigenvalue weighted by molar-refractivity contribution is 5.02. The van der Waals surface area contributed by atoms with E-state index in [1.807, 2.05) is 7.11 Å². The van der Waals surface area contributed by atoms with Gasteiger partial charge in [-0.1, -0.05) is 0 Å². The molecule has 3 nitrogen and oxygen atoms in total. The number of methoxy groups -OCH3 is 1. The Bertz CT molecular complexity index is 250. The highest BCUT2D eigenvalue weighted by atomic mass is 16.5. The Morgan fingerprint density at radius 2 is 2.12 bits per heavy atom. The Morgan fingerprint density at radius 1 is 1.44 bits per heavy atom. The molecule has 0 spiro atoms. The monoisotopic (exact) mass is 226 g/mol. The van der Waals surface area contributed by atoms with Crippen molar-refractivity contribution >= 4 is 0 Å². The molecule has 2 aliphatic rings. The van der Waals surface area contributed by atoms with Crippen LogP contribution in [-0.4, -0.2) is 49.3 Å². The fourth-order valence-corrected chi connectivity index (χ4v) is 2.83. The van der Waals surface area contributed by atoms with E-state index in [0.29, 0.717) is 5.54 Å². The molecule has 1 N–H and O–H groups in total. The van der Waals surface area contributed by atoms with E-state index in [-0.39, 0.29) is 5.60 Å². The summed E-state index contributed by atoms with van der Waals surface area (Å²) in [6, 6.07) is 0. The molecule has 0 radical (unpaired) electrons. The van der Waals surface area contributed by atoms with Crippen molar-refractivity contribution in [2.45, 2.75) is 44.8 Å². The molecule has 0 bridgehead atoms. The maximum absolute atomic E-state index is 5.52. The van der Waals surface area contributed by atoms with Gasteiger partial charge in [0.15, 0.2) is 0 Å². The molecule has 16 heavy (non-hydrogen) atoms. The summed E-state index contributed by atoms with van der Waals surface area (Å²) < 4.78 is 5.52. The Kier molecular flexibility index (Phi) is 3.30. The van der Waals surface area contributed by atoms with Crippen molar-refractivity contribution < 1.29 is 4.74 Å². The second kappa shape index (κ2) is 4.28. The summed E-state index contributed by atoms with van der Waals surface area (Å²) in [4.78, 5) is 2.55. The number of nitrogens with one attached hydrogen (secondary N) is 1. The number of rotatable bonds is 4. The molecule has 2 rings (SSSR count). The largest absolute Gasteiger partial charge is 0.377 e. The lowest BCUT2D eigenvalue weighted by Gasteiger charge is -2.44. The zero-order valence-electron chi connectivity index (χ0n) is 11.2. The summed E-state index contributed by atoms with van der Waals surface area (Å²) in [5.74, 6) is 0.904. The van der Waals surface area contributed by atoms with Crippen LogP contribution in [0, 0.1) is 5.92 Å². The van der Waals surface area contributed by atoms with Crippen LogP contribution in [0.1, 0.15) is 33.6 Å². The molecule has 1 heterocycles. The molecular formula is C13H26N2O. The minimum Gasteiger partial charge on any atom is -0.377 e. The van der Waals surface area contributed by atoms with E-state index in [1.165, 1.54) is 19.4 Å². The first kappa shape index (κ1) is 12.3. The first-order chi connectivity index (χ1) is 7.45. The van der Waals surface area contributed by atoms with E-state index in [1.54, 1.807) is 0 Å². The lowest BCUT2D eigenvalue weighted by Crippen LogP contribution is -2.61. The van der Waals surface area contributed by atoms with Crippen molar-refractivity contribution in [1.29, 1.82) is 0 Å². The number of piperazine rings is 1. The molecule has 1 unspecified atom stereocenters. The van der Waals surface area contributed by atoms with Gasteiger partial charge >= 0.3 is 0 Å². The van der Waals surface area contributed by atoms with Gasteiger partial charge in [-0.2, -0.15) is 0 Å². The lowest BCUT2D eigenvalue weighted by molar-refractivity contribution is -0.0208. The van der Waals surface area contributed by atoms with Crippen LogP contribution in [0.4, 0.5) is 0 Å². The summed E-state index contributed by atoms with van der Waals surface area (Å²) in [6.07, 6.45) is 2.82. The number of hydrogen-bond acceptors (Lipinski definition) is 3. The van der Waals surface area contributed by atoms with Crippen molar-refractivity contribution in [2.24, 2.45) is 5.92 Å². The van der Waals surface area contributed by atoms with Gasteiger partial charge in [-0.3, -0.25) is 4.90 Å². The normalized spacial score (nSPS) is 33.0. The Morgan fingerprint density at radius 3 is 2.69 bits per heavy atom. The van der Waals surface area contributed by atoms with Crippen LogP contribution in [0.5, 0.6) is 0 Å². The van der Waals surface area contributed by atoms with Crippen molar-refractivity contribution in [3.05, 3.63) is 0 Å². The van der Waals surface area contributed by atoms with E-state index >= 15 is 0 Å². The van der Waals surface area contributed by atoms with Gasteiger partial charge in [0.25, 0.3) is 0 Å². The van der Waals surface area contributed by atoms with Crippen molar-refractivity contribution in [2.75, 3.05) is 33.3 Å². The fourth-order valence-electron chi connectivity index (χ4n) is 2.83. The molecule has 94 valence electrons. The van der Waals surface area contributed by atoms with E-state index in [0.717, 1.165) is 25.6 Å². The van der Waals surface area contributed by atoms with Crippen molar-refractivity contribution in [3.8, 4) is 0 Å². The van der Waals surface area contributed by atoms with E-state index < -0.39 is 0 Å². The lowest BCUT2D eigenvalue weighted by atomic mass is 9.92. The van der Waals surface area contributed by atoms with Gasteiger partial charge in [0.2, 0.25) is 0 Å². The average molecular weight is 226 g/mol. The smallest absolute Gasteiger partial charge is 0.0749 e. The third-order valence-electron chi connectivity index (χ3n) is 4.14. The van der Waals surface area contributed by atoms with Crippen LogP contribution in [0.25, 0.3) is 0 Å². The number of ether oxygens (including phenoxy) is 1. The van der Waals surface area contributed by atoms with Crippen LogP contribution in [0.2, 0.25) is 0 Å². The van der Waals surface area contributed by atoms with Gasteiger partial charge in [0.05, 0.1) is 5.60 Å². The third kappa shape index (κ3) is 2.76. The molecule has 0 aromatic heterocycles. The zero-order chi connectivity index (χ0) is 11.8. The molecule has 0 aromatic rings. The Balaban J connectivity index is 1.91. The van der Waals surface area contributed by atoms with E-state index in [9.17, 15) is 0 Å². The maximum Gasteiger partial charge on any atom is 0.0749 e. The first-order valence-corrected chi connectivity index (χ1v) is 6.48. The van der Waals surface area contributed by atoms with Crippen LogP contribution in [-0.2, 0) is 4.74 Å². The quantitative estimate of drug-likeness (QED) is 0.786. The second-order valence-corrected chi connectivity index (χ2v) is 6.29. The van der Waals surface area contributed by atoms with Gasteiger partial charge in [0, 0.05) is 38.8 Å². The predicted octanol–water partition coefficient (Wildman–Crippen LogP) is 1.49. The van der Waals surface area contributed by atoms with Gasteiger partial charge < -0.3 is 10.1 Å². The molecule has 1 aliphatic carbocycles. The van der Waals surface area contributed by atoms with Gasteiger partial charge in [0.1, 0.15) is 0 Å². The highest BCUT2D eigenvalue weighted by Gasteiger charge is 2.44. The molecule has 1 atom stereocenters. The summed E-state index contributed by atoms with van der Waals surface area (Å²) in [5, 5.41) is 3.71. The van der Waals surface area contributed by atoms with Gasteiger partial charge in [-0.15, -0.1) is 0 Å². The van der Waals surface area contributed by atoms with Gasteiger partial charge in [-0.05, 0) is 39.5 Å². The molecule has 1 saturated heterocycles. The number of nitrogens with zero attached hydrogens (tertiary/aromatic N) is 1. The van der Waals surface area contributed by atoms with Gasteiger partial charge in [-0.25, -0.2) is 0 Å². The van der Waals surface area contributed by atoms with Crippen LogP contribution in [0.15, 0.2) is 0 Å². The average Bonchev–Trinajstić information content (AvgIpc) is 3.00. The van der Waals surface area contributed by atoms with Crippen LogP contribution in [0.3, 0.4) is 0 Å². The fraction of sp³-hybridized carbons (Fsp3) is 1.00.